The lowest BCUT2D eigenvalue weighted by Crippen LogP contribution is -2.42. The fraction of sp³-hybridized carbons (Fsp3) is 0.529. The number of carbonyl (C=O) groups excluding carboxylic acids is 2. The van der Waals surface area contributed by atoms with Gasteiger partial charge >= 0.3 is 0 Å². The van der Waals surface area contributed by atoms with Crippen molar-refractivity contribution >= 4 is 17.5 Å². The molecule has 1 fully saturated rings. The number of amides is 2. The van der Waals surface area contributed by atoms with Crippen molar-refractivity contribution in [2.45, 2.75) is 51.5 Å². The Hall–Kier alpha value is -2.24. The van der Waals surface area contributed by atoms with Crippen LogP contribution in [0.1, 0.15) is 66.2 Å². The van der Waals surface area contributed by atoms with Gasteiger partial charge in [-0.2, -0.15) is 0 Å². The first-order valence-corrected chi connectivity index (χ1v) is 8.19. The molecule has 0 N–H and O–H groups in total. The van der Waals surface area contributed by atoms with Crippen LogP contribution in [0.3, 0.4) is 0 Å². The Labute approximate surface area is 134 Å². The highest BCUT2D eigenvalue weighted by atomic mass is 16.6. The molecule has 0 unspecified atom stereocenters. The zero-order valence-corrected chi connectivity index (χ0v) is 13.2. The number of hydrogen-bond donors (Lipinski definition) is 0. The maximum absolute atomic E-state index is 12.6. The summed E-state index contributed by atoms with van der Waals surface area (Å²) in [5.41, 5.74) is 0.301. The second-order valence-electron chi connectivity index (χ2n) is 6.43. The molecule has 0 radical (unpaired) electrons. The van der Waals surface area contributed by atoms with Gasteiger partial charge in [0.2, 0.25) is 0 Å². The molecule has 2 amide bonds. The van der Waals surface area contributed by atoms with Crippen LogP contribution in [0.15, 0.2) is 18.2 Å². The van der Waals surface area contributed by atoms with Crippen molar-refractivity contribution in [3.05, 3.63) is 39.4 Å². The van der Waals surface area contributed by atoms with Crippen LogP contribution in [0, 0.1) is 16.0 Å². The van der Waals surface area contributed by atoms with Crippen molar-refractivity contribution < 1.29 is 14.5 Å². The van der Waals surface area contributed by atoms with Gasteiger partial charge in [0.15, 0.2) is 0 Å². The summed E-state index contributed by atoms with van der Waals surface area (Å²) in [6.45, 7) is 2.17. The Morgan fingerprint density at radius 2 is 1.78 bits per heavy atom. The van der Waals surface area contributed by atoms with Gasteiger partial charge in [0.05, 0.1) is 16.1 Å². The number of hydrogen-bond acceptors (Lipinski definition) is 4. The fourth-order valence-electron chi connectivity index (χ4n) is 3.79. The molecular formula is C17H20N2O4. The van der Waals surface area contributed by atoms with Crippen molar-refractivity contribution in [1.29, 1.82) is 0 Å². The third kappa shape index (κ3) is 2.73. The van der Waals surface area contributed by atoms with E-state index in [1.807, 2.05) is 0 Å². The lowest BCUT2D eigenvalue weighted by atomic mass is 9.83. The third-order valence-corrected chi connectivity index (χ3v) is 4.99. The maximum Gasteiger partial charge on any atom is 0.270 e. The largest absolute Gasteiger partial charge is 0.271 e. The molecule has 0 atom stereocenters. The molecule has 0 spiro atoms. The molecule has 122 valence electrons. The molecule has 1 aliphatic heterocycles. The Balaban J connectivity index is 1.79. The third-order valence-electron chi connectivity index (χ3n) is 4.99. The number of rotatable bonds is 4. The minimum absolute atomic E-state index is 0.0745. The van der Waals surface area contributed by atoms with Crippen molar-refractivity contribution in [3.63, 3.8) is 0 Å². The summed E-state index contributed by atoms with van der Waals surface area (Å²) < 4.78 is 0. The second kappa shape index (κ2) is 6.10. The summed E-state index contributed by atoms with van der Waals surface area (Å²) in [7, 11) is 0. The van der Waals surface area contributed by atoms with Crippen LogP contribution in [0.4, 0.5) is 5.69 Å². The van der Waals surface area contributed by atoms with E-state index in [0.29, 0.717) is 5.92 Å². The maximum atomic E-state index is 12.6. The van der Waals surface area contributed by atoms with Crippen LogP contribution in [-0.2, 0) is 0 Å². The molecule has 1 aliphatic carbocycles. The Morgan fingerprint density at radius 1 is 1.13 bits per heavy atom. The van der Waals surface area contributed by atoms with E-state index >= 15 is 0 Å². The molecule has 23 heavy (non-hydrogen) atoms. The number of benzene rings is 1. The SMILES string of the molecule is CCCC1CCC(N2C(=O)c3ccc([N+](=O)[O-])cc3C2=O)CC1. The van der Waals surface area contributed by atoms with E-state index in [-0.39, 0.29) is 34.7 Å². The van der Waals surface area contributed by atoms with Gasteiger partial charge in [-0.3, -0.25) is 24.6 Å². The first-order chi connectivity index (χ1) is 11.0. The average molecular weight is 316 g/mol. The number of imide groups is 1. The number of nitro groups is 1. The molecule has 1 aromatic rings. The minimum atomic E-state index is -0.545. The predicted octanol–water partition coefficient (Wildman–Crippen LogP) is 3.55. The van der Waals surface area contributed by atoms with Gasteiger partial charge in [-0.15, -0.1) is 0 Å². The molecule has 0 bridgehead atoms. The molecule has 1 aromatic carbocycles. The molecule has 1 heterocycles. The molecular weight excluding hydrogens is 296 g/mol. The predicted molar refractivity (Wildman–Crippen MR) is 84.3 cm³/mol. The van der Waals surface area contributed by atoms with E-state index in [1.165, 1.54) is 29.5 Å². The second-order valence-corrected chi connectivity index (χ2v) is 6.43. The topological polar surface area (TPSA) is 80.5 Å². The van der Waals surface area contributed by atoms with Crippen LogP contribution >= 0.6 is 0 Å². The Bertz CT molecular complexity index is 663. The quantitative estimate of drug-likeness (QED) is 0.483. The molecule has 0 aromatic heterocycles. The first-order valence-electron chi connectivity index (χ1n) is 8.19. The van der Waals surface area contributed by atoms with E-state index in [1.54, 1.807) is 0 Å². The number of fused-ring (bicyclic) bond motifs is 1. The minimum Gasteiger partial charge on any atom is -0.271 e. The van der Waals surface area contributed by atoms with Gasteiger partial charge in [0, 0.05) is 18.2 Å². The number of nitrogens with zero attached hydrogens (tertiary/aromatic N) is 2. The first kappa shape index (κ1) is 15.6. The van der Waals surface area contributed by atoms with Gasteiger partial charge in [0.1, 0.15) is 0 Å². The normalized spacial score (nSPS) is 24.0. The standard InChI is InChI=1S/C17H20N2O4/c1-2-3-11-4-6-12(7-5-11)18-16(20)14-9-8-13(19(22)23)10-15(14)17(18)21/h8-12H,2-7H2,1H3. The summed E-state index contributed by atoms with van der Waals surface area (Å²) in [5.74, 6) is -0.000925. The van der Waals surface area contributed by atoms with Gasteiger partial charge < -0.3 is 0 Å². The van der Waals surface area contributed by atoms with Gasteiger partial charge in [-0.1, -0.05) is 19.8 Å². The van der Waals surface area contributed by atoms with E-state index in [2.05, 4.69) is 6.92 Å². The lowest BCUT2D eigenvalue weighted by molar-refractivity contribution is -0.384. The zero-order valence-electron chi connectivity index (χ0n) is 13.2. The van der Waals surface area contributed by atoms with Crippen LogP contribution in [-0.4, -0.2) is 27.7 Å². The van der Waals surface area contributed by atoms with Crippen LogP contribution in [0.5, 0.6) is 0 Å². The number of nitro benzene ring substituents is 1. The molecule has 6 nitrogen and oxygen atoms in total. The Kier molecular flexibility index (Phi) is 4.15. The summed E-state index contributed by atoms with van der Waals surface area (Å²) in [4.78, 5) is 36.8. The fourth-order valence-corrected chi connectivity index (χ4v) is 3.79. The van der Waals surface area contributed by atoms with E-state index in [4.69, 9.17) is 0 Å². The Morgan fingerprint density at radius 3 is 2.39 bits per heavy atom. The van der Waals surface area contributed by atoms with Crippen molar-refractivity contribution in [3.8, 4) is 0 Å². The monoisotopic (exact) mass is 316 g/mol. The van der Waals surface area contributed by atoms with Crippen molar-refractivity contribution in [1.82, 2.24) is 4.90 Å². The summed E-state index contributed by atoms with van der Waals surface area (Å²) >= 11 is 0. The lowest BCUT2D eigenvalue weighted by Gasteiger charge is -2.33. The van der Waals surface area contributed by atoms with Gasteiger partial charge in [0.25, 0.3) is 17.5 Å². The van der Waals surface area contributed by atoms with Gasteiger partial charge in [-0.05, 0) is 37.7 Å². The zero-order chi connectivity index (χ0) is 16.6. The smallest absolute Gasteiger partial charge is 0.270 e. The molecule has 2 aliphatic rings. The summed E-state index contributed by atoms with van der Waals surface area (Å²) in [6, 6.07) is 3.83. The average Bonchev–Trinajstić information content (AvgIpc) is 2.80. The van der Waals surface area contributed by atoms with Crippen LogP contribution in [0.25, 0.3) is 0 Å². The molecule has 3 rings (SSSR count). The number of non-ortho nitro benzene ring substituents is 1. The highest BCUT2D eigenvalue weighted by Crippen LogP contribution is 2.35. The van der Waals surface area contributed by atoms with E-state index in [9.17, 15) is 19.7 Å². The van der Waals surface area contributed by atoms with Gasteiger partial charge in [-0.25, -0.2) is 0 Å². The summed E-state index contributed by atoms with van der Waals surface area (Å²) in [6.07, 6.45) is 6.08. The van der Waals surface area contributed by atoms with Crippen molar-refractivity contribution in [2.75, 3.05) is 0 Å². The highest BCUT2D eigenvalue weighted by molar-refractivity contribution is 6.21. The van der Waals surface area contributed by atoms with Crippen molar-refractivity contribution in [2.24, 2.45) is 5.92 Å². The highest BCUT2D eigenvalue weighted by Gasteiger charge is 2.41. The number of carbonyl (C=O) groups is 2. The molecule has 0 saturated heterocycles. The molecule has 6 heteroatoms. The van der Waals surface area contributed by atoms with E-state index < -0.39 is 4.92 Å². The molecule has 1 saturated carbocycles. The van der Waals surface area contributed by atoms with Crippen LogP contribution in [0.2, 0.25) is 0 Å². The summed E-state index contributed by atoms with van der Waals surface area (Å²) in [5, 5.41) is 10.9. The van der Waals surface area contributed by atoms with Crippen LogP contribution < -0.4 is 0 Å². The van der Waals surface area contributed by atoms with E-state index in [0.717, 1.165) is 32.1 Å².